The van der Waals surface area contributed by atoms with Crippen LogP contribution in [0.2, 0.25) is 10.0 Å². The quantitative estimate of drug-likeness (QED) is 0.508. The highest BCUT2D eigenvalue weighted by molar-refractivity contribution is 6.36. The van der Waals surface area contributed by atoms with Gasteiger partial charge in [-0.15, -0.1) is 0 Å². The minimum Gasteiger partial charge on any atom is -0.323 e. The van der Waals surface area contributed by atoms with Gasteiger partial charge in [0.2, 0.25) is 17.7 Å². The summed E-state index contributed by atoms with van der Waals surface area (Å²) in [4.78, 5) is 41.6. The van der Waals surface area contributed by atoms with E-state index >= 15 is 0 Å². The first-order valence-electron chi connectivity index (χ1n) is 10.8. The summed E-state index contributed by atoms with van der Waals surface area (Å²) < 4.78 is 0. The Labute approximate surface area is 196 Å². The Morgan fingerprint density at radius 1 is 0.969 bits per heavy atom. The molecule has 5 nitrogen and oxygen atoms in total. The molecule has 32 heavy (non-hydrogen) atoms. The Hall–Kier alpha value is -2.63. The van der Waals surface area contributed by atoms with Crippen molar-refractivity contribution >= 4 is 46.6 Å². The van der Waals surface area contributed by atoms with Gasteiger partial charge in [-0.25, -0.2) is 0 Å². The van der Waals surface area contributed by atoms with Crippen LogP contribution in [0.15, 0.2) is 60.7 Å². The first kappa shape index (κ1) is 21.2. The lowest BCUT2D eigenvalue weighted by molar-refractivity contribution is -0.146. The summed E-state index contributed by atoms with van der Waals surface area (Å²) in [6, 6.07) is 13.2. The number of allylic oxidation sites excluding steroid dienone is 2. The van der Waals surface area contributed by atoms with Crippen molar-refractivity contribution in [2.24, 2.45) is 23.7 Å². The van der Waals surface area contributed by atoms with Gasteiger partial charge in [0, 0.05) is 11.4 Å². The molecule has 3 amide bonds. The van der Waals surface area contributed by atoms with Crippen molar-refractivity contribution in [1.82, 2.24) is 4.90 Å². The Balaban J connectivity index is 1.48. The molecule has 0 radical (unpaired) electrons. The Morgan fingerprint density at radius 2 is 1.59 bits per heavy atom. The smallest absolute Gasteiger partial charge is 0.248 e. The van der Waals surface area contributed by atoms with E-state index in [2.05, 4.69) is 17.5 Å². The lowest BCUT2D eigenvalue weighted by Crippen LogP contribution is -2.49. The summed E-state index contributed by atoms with van der Waals surface area (Å²) in [6.07, 6.45) is 6.20. The number of carbonyl (C=O) groups is 3. The number of anilines is 1. The molecule has 3 aliphatic carbocycles. The zero-order valence-electron chi connectivity index (χ0n) is 17.2. The van der Waals surface area contributed by atoms with E-state index in [-0.39, 0.29) is 41.9 Å². The summed E-state index contributed by atoms with van der Waals surface area (Å²) in [6.45, 7) is 0. The molecular weight excluding hydrogens is 447 g/mol. The molecule has 0 spiro atoms. The Morgan fingerprint density at radius 3 is 2.16 bits per heavy atom. The predicted molar refractivity (Wildman–Crippen MR) is 123 cm³/mol. The summed E-state index contributed by atoms with van der Waals surface area (Å²) in [5.41, 5.74) is 1.25. The SMILES string of the molecule is O=C(Nc1ccc(Cl)cc1Cl)[C@H](Cc1ccccc1)N1C(=O)[C@@H]2[C@@H](C1=O)[C@H]1C=C[C@H]2CC1. The second-order valence-corrected chi connectivity index (χ2v) is 9.55. The van der Waals surface area contributed by atoms with E-state index in [1.165, 1.54) is 11.0 Å². The summed E-state index contributed by atoms with van der Waals surface area (Å²) in [5, 5.41) is 3.54. The van der Waals surface area contributed by atoms with Crippen LogP contribution >= 0.6 is 23.2 Å². The van der Waals surface area contributed by atoms with Crippen LogP contribution in [0.3, 0.4) is 0 Å². The number of hydrogen-bond acceptors (Lipinski definition) is 3. The average Bonchev–Trinajstić information content (AvgIpc) is 3.08. The Kier molecular flexibility index (Phi) is 5.56. The molecule has 1 saturated carbocycles. The lowest BCUT2D eigenvalue weighted by atomic mass is 9.63. The van der Waals surface area contributed by atoms with E-state index in [0.717, 1.165) is 18.4 Å². The van der Waals surface area contributed by atoms with Gasteiger partial charge in [0.25, 0.3) is 0 Å². The second-order valence-electron chi connectivity index (χ2n) is 8.71. The largest absolute Gasteiger partial charge is 0.323 e. The third kappa shape index (κ3) is 3.63. The molecule has 1 heterocycles. The van der Waals surface area contributed by atoms with E-state index in [0.29, 0.717) is 15.7 Å². The minimum absolute atomic E-state index is 0.0672. The van der Waals surface area contributed by atoms with Crippen LogP contribution in [-0.4, -0.2) is 28.7 Å². The van der Waals surface area contributed by atoms with Crippen molar-refractivity contribution in [2.45, 2.75) is 25.3 Å². The molecule has 0 aromatic heterocycles. The molecule has 1 saturated heterocycles. The number of nitrogens with zero attached hydrogens (tertiary/aromatic N) is 1. The first-order valence-corrected chi connectivity index (χ1v) is 11.5. The number of imide groups is 1. The molecule has 2 bridgehead atoms. The van der Waals surface area contributed by atoms with E-state index in [9.17, 15) is 14.4 Å². The maximum atomic E-state index is 13.5. The Bertz CT molecular complexity index is 1090. The van der Waals surface area contributed by atoms with Crippen molar-refractivity contribution in [3.05, 3.63) is 76.3 Å². The highest BCUT2D eigenvalue weighted by Gasteiger charge is 2.58. The number of nitrogens with one attached hydrogen (secondary N) is 1. The number of fused-ring (bicyclic) bond motifs is 1. The minimum atomic E-state index is -0.964. The molecule has 2 fully saturated rings. The van der Waals surface area contributed by atoms with Gasteiger partial charge >= 0.3 is 0 Å². The van der Waals surface area contributed by atoms with Crippen molar-refractivity contribution in [3.8, 4) is 0 Å². The molecule has 2 aromatic rings. The van der Waals surface area contributed by atoms with Gasteiger partial charge < -0.3 is 5.32 Å². The van der Waals surface area contributed by atoms with Crippen molar-refractivity contribution < 1.29 is 14.4 Å². The van der Waals surface area contributed by atoms with Crippen LogP contribution in [0.4, 0.5) is 5.69 Å². The molecule has 2 aromatic carbocycles. The molecule has 5 atom stereocenters. The second kappa shape index (κ2) is 8.38. The van der Waals surface area contributed by atoms with Gasteiger partial charge in [0.05, 0.1) is 22.5 Å². The van der Waals surface area contributed by atoms with Crippen LogP contribution in [0.25, 0.3) is 0 Å². The van der Waals surface area contributed by atoms with Crippen LogP contribution in [0, 0.1) is 23.7 Å². The molecule has 1 aliphatic heterocycles. The third-order valence-electron chi connectivity index (χ3n) is 6.87. The maximum absolute atomic E-state index is 13.5. The number of carbonyl (C=O) groups excluding carboxylic acids is 3. The van der Waals surface area contributed by atoms with E-state index in [4.69, 9.17) is 23.2 Å². The maximum Gasteiger partial charge on any atom is 0.248 e. The number of benzene rings is 2. The summed E-state index contributed by atoms with van der Waals surface area (Å²) in [5.74, 6) is -1.52. The molecule has 7 heteroatoms. The lowest BCUT2D eigenvalue weighted by Gasteiger charge is -2.38. The normalized spacial score (nSPS) is 26.9. The molecule has 164 valence electrons. The number of rotatable bonds is 5. The summed E-state index contributed by atoms with van der Waals surface area (Å²) >= 11 is 12.2. The zero-order valence-corrected chi connectivity index (χ0v) is 18.7. The van der Waals surface area contributed by atoms with Crippen LogP contribution in [-0.2, 0) is 20.8 Å². The fourth-order valence-corrected chi connectivity index (χ4v) is 5.81. The standard InChI is InChI=1S/C25H22Cl2N2O3/c26-17-10-11-19(18(27)13-17)28-23(30)20(12-14-4-2-1-3-5-14)29-24(31)21-15-6-7-16(9-8-15)22(21)25(29)32/h1-7,10-11,13,15-16,20-22H,8-9,12H2,(H,28,30)/t15-,16-,20-,21-,22-/m0/s1. The predicted octanol–water partition coefficient (Wildman–Crippen LogP) is 4.74. The average molecular weight is 469 g/mol. The van der Waals surface area contributed by atoms with E-state index < -0.39 is 11.9 Å². The van der Waals surface area contributed by atoms with Crippen molar-refractivity contribution in [1.29, 1.82) is 0 Å². The van der Waals surface area contributed by atoms with Gasteiger partial charge in [0.15, 0.2) is 0 Å². The molecule has 1 N–H and O–H groups in total. The zero-order chi connectivity index (χ0) is 22.4. The molecule has 0 unspecified atom stereocenters. The topological polar surface area (TPSA) is 66.5 Å². The number of amides is 3. The molecule has 4 aliphatic rings. The van der Waals surface area contributed by atoms with E-state index in [1.807, 2.05) is 30.3 Å². The van der Waals surface area contributed by atoms with Crippen LogP contribution in [0.5, 0.6) is 0 Å². The fourth-order valence-electron chi connectivity index (χ4n) is 5.35. The number of halogens is 2. The summed E-state index contributed by atoms with van der Waals surface area (Å²) in [7, 11) is 0. The first-order chi connectivity index (χ1) is 15.4. The number of hydrogen-bond donors (Lipinski definition) is 1. The van der Waals surface area contributed by atoms with Crippen LogP contribution in [0.1, 0.15) is 18.4 Å². The van der Waals surface area contributed by atoms with Gasteiger partial charge in [-0.05, 0) is 48.4 Å². The van der Waals surface area contributed by atoms with Crippen LogP contribution < -0.4 is 5.32 Å². The van der Waals surface area contributed by atoms with Gasteiger partial charge in [-0.2, -0.15) is 0 Å². The van der Waals surface area contributed by atoms with E-state index in [1.54, 1.807) is 12.1 Å². The van der Waals surface area contributed by atoms with Crippen molar-refractivity contribution in [3.63, 3.8) is 0 Å². The molecule has 6 rings (SSSR count). The number of likely N-dealkylation sites (tertiary alicyclic amines) is 1. The molecular formula is C25H22Cl2N2O3. The van der Waals surface area contributed by atoms with Crippen molar-refractivity contribution in [2.75, 3.05) is 5.32 Å². The highest BCUT2D eigenvalue weighted by atomic mass is 35.5. The fraction of sp³-hybridized carbons (Fsp3) is 0.320. The highest BCUT2D eigenvalue weighted by Crippen LogP contribution is 2.50. The van der Waals surface area contributed by atoms with Gasteiger partial charge in [-0.3, -0.25) is 19.3 Å². The monoisotopic (exact) mass is 468 g/mol. The third-order valence-corrected chi connectivity index (χ3v) is 7.42. The van der Waals surface area contributed by atoms with Gasteiger partial charge in [-0.1, -0.05) is 65.7 Å². The van der Waals surface area contributed by atoms with Gasteiger partial charge in [0.1, 0.15) is 6.04 Å².